The molecular weight excluding hydrogens is 301 g/mol. The van der Waals surface area contributed by atoms with E-state index in [4.69, 9.17) is 37.9 Å². The van der Waals surface area contributed by atoms with Crippen LogP contribution in [-0.4, -0.2) is 30.3 Å². The Bertz CT molecular complexity index is 473. The van der Waals surface area contributed by atoms with Crippen LogP contribution in [0.4, 0.5) is 0 Å². The van der Waals surface area contributed by atoms with Crippen LogP contribution in [0.3, 0.4) is 0 Å². The third kappa shape index (κ3) is 3.44. The lowest BCUT2D eigenvalue weighted by atomic mass is 9.98. The minimum atomic E-state index is -0.434. The summed E-state index contributed by atoms with van der Waals surface area (Å²) >= 11 is 12.4. The van der Waals surface area contributed by atoms with Crippen molar-refractivity contribution >= 4 is 28.9 Å². The highest BCUT2D eigenvalue weighted by molar-refractivity contribution is 6.40. The summed E-state index contributed by atoms with van der Waals surface area (Å²) in [7, 11) is 0. The topological polar surface area (TPSA) is 51.0 Å². The molecule has 1 aliphatic rings. The normalized spacial score (nSPS) is 21.7. The molecule has 2 rings (SSSR count). The Morgan fingerprint density at radius 1 is 1.30 bits per heavy atom. The van der Waals surface area contributed by atoms with E-state index in [0.29, 0.717) is 34.3 Å². The van der Waals surface area contributed by atoms with E-state index in [1.54, 1.807) is 18.2 Å². The second-order valence-corrected chi connectivity index (χ2v) is 5.45. The van der Waals surface area contributed by atoms with E-state index in [1.807, 2.05) is 6.92 Å². The van der Waals surface area contributed by atoms with Crippen molar-refractivity contribution in [2.45, 2.75) is 26.1 Å². The van der Waals surface area contributed by atoms with Gasteiger partial charge in [0.2, 0.25) is 6.29 Å². The summed E-state index contributed by atoms with van der Waals surface area (Å²) in [6.45, 7) is 2.65. The monoisotopic (exact) mass is 317 g/mol. The van der Waals surface area contributed by atoms with Gasteiger partial charge in [-0.2, -0.15) is 0 Å². The molecule has 0 amide bonds. The molecule has 4 nitrogen and oxygen atoms in total. The molecule has 0 aliphatic carbocycles. The maximum atomic E-state index is 8.72. The van der Waals surface area contributed by atoms with Crippen molar-refractivity contribution in [3.63, 3.8) is 0 Å². The lowest BCUT2D eigenvalue weighted by Gasteiger charge is -2.16. The Morgan fingerprint density at radius 3 is 2.65 bits per heavy atom. The van der Waals surface area contributed by atoms with Crippen LogP contribution >= 0.6 is 23.2 Å². The molecule has 0 saturated carbocycles. The van der Waals surface area contributed by atoms with Crippen molar-refractivity contribution in [1.82, 2.24) is 0 Å². The van der Waals surface area contributed by atoms with Gasteiger partial charge >= 0.3 is 0 Å². The van der Waals surface area contributed by atoms with Gasteiger partial charge in [0.1, 0.15) is 0 Å². The van der Waals surface area contributed by atoms with Crippen LogP contribution in [0.25, 0.3) is 0 Å². The fraction of sp³-hybridized carbons (Fsp3) is 0.500. The Kier molecular flexibility index (Phi) is 5.66. The van der Waals surface area contributed by atoms with Crippen molar-refractivity contribution in [2.75, 3.05) is 13.2 Å². The first-order chi connectivity index (χ1) is 9.65. The molecule has 2 atom stereocenters. The van der Waals surface area contributed by atoms with Gasteiger partial charge in [-0.1, -0.05) is 41.3 Å². The van der Waals surface area contributed by atoms with Gasteiger partial charge in [-0.25, -0.2) is 0 Å². The molecule has 0 saturated heterocycles. The minimum absolute atomic E-state index is 0.0541. The van der Waals surface area contributed by atoms with E-state index in [9.17, 15) is 0 Å². The third-order valence-electron chi connectivity index (χ3n) is 3.15. The second-order valence-electron chi connectivity index (χ2n) is 4.64. The highest BCUT2D eigenvalue weighted by Crippen LogP contribution is 2.32. The molecule has 110 valence electrons. The zero-order chi connectivity index (χ0) is 14.5. The molecule has 1 aromatic carbocycles. The molecule has 0 radical (unpaired) electrons. The largest absolute Gasteiger partial charge is 0.396 e. The van der Waals surface area contributed by atoms with E-state index >= 15 is 0 Å². The number of ether oxygens (including phenoxy) is 1. The summed E-state index contributed by atoms with van der Waals surface area (Å²) in [6, 6.07) is 5.33. The molecule has 6 heteroatoms. The van der Waals surface area contributed by atoms with Gasteiger partial charge in [-0.3, -0.25) is 0 Å². The fourth-order valence-corrected chi connectivity index (χ4v) is 2.61. The number of halogens is 2. The van der Waals surface area contributed by atoms with E-state index in [1.165, 1.54) is 0 Å². The van der Waals surface area contributed by atoms with Crippen LogP contribution in [0.1, 0.15) is 25.3 Å². The maximum Gasteiger partial charge on any atom is 0.235 e. The predicted molar refractivity (Wildman–Crippen MR) is 79.3 cm³/mol. The van der Waals surface area contributed by atoms with Crippen LogP contribution in [0.2, 0.25) is 10.0 Å². The van der Waals surface area contributed by atoms with E-state index in [2.05, 4.69) is 5.16 Å². The molecule has 2 unspecified atom stereocenters. The smallest absolute Gasteiger partial charge is 0.235 e. The molecule has 1 N–H and O–H groups in total. The van der Waals surface area contributed by atoms with Crippen LogP contribution in [-0.2, 0) is 9.57 Å². The first-order valence-electron chi connectivity index (χ1n) is 6.55. The predicted octanol–water partition coefficient (Wildman–Crippen LogP) is 3.48. The Morgan fingerprint density at radius 2 is 2.00 bits per heavy atom. The van der Waals surface area contributed by atoms with E-state index < -0.39 is 6.29 Å². The average Bonchev–Trinajstić information content (AvgIpc) is 2.77. The van der Waals surface area contributed by atoms with Crippen LogP contribution in [0, 0.1) is 5.92 Å². The fourth-order valence-electron chi connectivity index (χ4n) is 2.02. The van der Waals surface area contributed by atoms with Crippen molar-refractivity contribution in [1.29, 1.82) is 0 Å². The van der Waals surface area contributed by atoms with Crippen LogP contribution in [0.15, 0.2) is 23.4 Å². The van der Waals surface area contributed by atoms with Crippen LogP contribution in [0.5, 0.6) is 0 Å². The highest BCUT2D eigenvalue weighted by atomic mass is 35.5. The standard InChI is InChI=1S/C14H17Cl2NO3/c1-9-13(12-10(15)5-4-6-11(12)16)17-20-14(9)19-8-3-2-7-18/h4-6,9,14,18H,2-3,7-8H2,1H3. The second kappa shape index (κ2) is 7.27. The quantitative estimate of drug-likeness (QED) is 0.817. The Hall–Kier alpha value is -0.810. The van der Waals surface area contributed by atoms with Gasteiger partial charge in [0.25, 0.3) is 0 Å². The summed E-state index contributed by atoms with van der Waals surface area (Å²) in [6.07, 6.45) is 1.06. The summed E-state index contributed by atoms with van der Waals surface area (Å²) in [5.41, 5.74) is 1.40. The van der Waals surface area contributed by atoms with Gasteiger partial charge < -0.3 is 14.7 Å². The molecule has 1 aliphatic heterocycles. The van der Waals surface area contributed by atoms with Crippen molar-refractivity contribution in [2.24, 2.45) is 11.1 Å². The minimum Gasteiger partial charge on any atom is -0.396 e. The Balaban J connectivity index is 2.02. The zero-order valence-corrected chi connectivity index (χ0v) is 12.7. The molecular formula is C14H17Cl2NO3. The number of benzene rings is 1. The molecule has 1 aromatic rings. The maximum absolute atomic E-state index is 8.72. The first-order valence-corrected chi connectivity index (χ1v) is 7.31. The number of hydrogen-bond donors (Lipinski definition) is 1. The summed E-state index contributed by atoms with van der Waals surface area (Å²) in [5.74, 6) is -0.0541. The summed E-state index contributed by atoms with van der Waals surface area (Å²) in [5, 5.41) is 13.9. The van der Waals surface area contributed by atoms with Gasteiger partial charge in [0.05, 0.1) is 28.3 Å². The zero-order valence-electron chi connectivity index (χ0n) is 11.2. The molecule has 0 fully saturated rings. The van der Waals surface area contributed by atoms with Crippen molar-refractivity contribution in [3.05, 3.63) is 33.8 Å². The SMILES string of the molecule is CC1C(c2c(Cl)cccc2Cl)=NOC1OCCCCO. The van der Waals surface area contributed by atoms with Gasteiger partial charge in [0, 0.05) is 12.2 Å². The molecule has 0 aromatic heterocycles. The Labute approximate surface area is 128 Å². The molecule has 20 heavy (non-hydrogen) atoms. The van der Waals surface area contributed by atoms with Crippen molar-refractivity contribution in [3.8, 4) is 0 Å². The number of oxime groups is 1. The number of unbranched alkanes of at least 4 members (excludes halogenated alkanes) is 1. The average molecular weight is 318 g/mol. The van der Waals surface area contributed by atoms with E-state index in [0.717, 1.165) is 6.42 Å². The van der Waals surface area contributed by atoms with Crippen molar-refractivity contribution < 1.29 is 14.7 Å². The molecule has 1 heterocycles. The van der Waals surface area contributed by atoms with E-state index in [-0.39, 0.29) is 12.5 Å². The number of hydrogen-bond acceptors (Lipinski definition) is 4. The molecule has 0 bridgehead atoms. The number of aliphatic hydroxyl groups excluding tert-OH is 1. The first kappa shape index (κ1) is 15.6. The lowest BCUT2D eigenvalue weighted by molar-refractivity contribution is -0.142. The van der Waals surface area contributed by atoms with Crippen LogP contribution < -0.4 is 0 Å². The lowest BCUT2D eigenvalue weighted by Crippen LogP contribution is -2.24. The number of nitrogens with zero attached hydrogens (tertiary/aromatic N) is 1. The highest BCUT2D eigenvalue weighted by Gasteiger charge is 2.33. The number of aliphatic hydroxyl groups is 1. The summed E-state index contributed by atoms with van der Waals surface area (Å²) in [4.78, 5) is 5.31. The summed E-state index contributed by atoms with van der Waals surface area (Å²) < 4.78 is 5.61. The number of rotatable bonds is 6. The third-order valence-corrected chi connectivity index (χ3v) is 3.78. The van der Waals surface area contributed by atoms with Gasteiger partial charge in [-0.15, -0.1) is 0 Å². The van der Waals surface area contributed by atoms with Gasteiger partial charge in [-0.05, 0) is 25.0 Å². The molecule has 0 spiro atoms. The van der Waals surface area contributed by atoms with Gasteiger partial charge in [0.15, 0.2) is 0 Å².